The minimum absolute atomic E-state index is 0.566. The maximum atomic E-state index is 3.52. The third-order valence-corrected chi connectivity index (χ3v) is 3.26. The van der Waals surface area contributed by atoms with Crippen molar-refractivity contribution < 1.29 is 0 Å². The Bertz CT molecular complexity index is 234. The number of hydrogen-bond donors (Lipinski definition) is 2. The zero-order chi connectivity index (χ0) is 10.9. The van der Waals surface area contributed by atoms with Crippen molar-refractivity contribution in [1.29, 1.82) is 0 Å². The van der Waals surface area contributed by atoms with Gasteiger partial charge in [-0.3, -0.25) is 0 Å². The van der Waals surface area contributed by atoms with Gasteiger partial charge in [-0.05, 0) is 37.8 Å². The van der Waals surface area contributed by atoms with Gasteiger partial charge in [0.1, 0.15) is 0 Å². The lowest BCUT2D eigenvalue weighted by atomic mass is 10.3. The van der Waals surface area contributed by atoms with Gasteiger partial charge in [-0.15, -0.1) is 11.3 Å². The van der Waals surface area contributed by atoms with Crippen LogP contribution in [-0.2, 0) is 6.42 Å². The van der Waals surface area contributed by atoms with Gasteiger partial charge in [0.25, 0.3) is 0 Å². The highest BCUT2D eigenvalue weighted by Crippen LogP contribution is 2.08. The van der Waals surface area contributed by atoms with Gasteiger partial charge in [-0.25, -0.2) is 0 Å². The molecule has 0 aliphatic carbocycles. The summed E-state index contributed by atoms with van der Waals surface area (Å²) in [6, 6.07) is 4.88. The maximum Gasteiger partial charge on any atom is 0.0164 e. The minimum Gasteiger partial charge on any atom is -0.315 e. The predicted octanol–water partition coefficient (Wildman–Crippen LogP) is 2.27. The van der Waals surface area contributed by atoms with Gasteiger partial charge >= 0.3 is 0 Å². The Balaban J connectivity index is 1.99. The standard InChI is InChI=1S/C12H22N2S/c1-3-7-13-10-11(2)14-8-6-12-5-4-9-15-12/h4-5,9,11,13-14H,3,6-8,10H2,1-2H3. The molecule has 2 nitrogen and oxygen atoms in total. The third-order valence-electron chi connectivity index (χ3n) is 2.32. The molecular weight excluding hydrogens is 204 g/mol. The molecular formula is C12H22N2S. The van der Waals surface area contributed by atoms with Crippen LogP contribution in [0.3, 0.4) is 0 Å². The minimum atomic E-state index is 0.566. The average molecular weight is 226 g/mol. The first-order valence-corrected chi connectivity index (χ1v) is 6.67. The van der Waals surface area contributed by atoms with Crippen LogP contribution in [0.15, 0.2) is 17.5 Å². The summed E-state index contributed by atoms with van der Waals surface area (Å²) in [5.74, 6) is 0. The SMILES string of the molecule is CCCNCC(C)NCCc1cccs1. The molecule has 0 spiro atoms. The van der Waals surface area contributed by atoms with Crippen molar-refractivity contribution in [3.05, 3.63) is 22.4 Å². The highest BCUT2D eigenvalue weighted by atomic mass is 32.1. The van der Waals surface area contributed by atoms with E-state index in [1.807, 2.05) is 11.3 Å². The van der Waals surface area contributed by atoms with Crippen LogP contribution in [0.4, 0.5) is 0 Å². The monoisotopic (exact) mass is 226 g/mol. The Morgan fingerprint density at radius 3 is 2.93 bits per heavy atom. The summed E-state index contributed by atoms with van der Waals surface area (Å²) in [7, 11) is 0. The second-order valence-corrected chi connectivity index (χ2v) is 4.92. The normalized spacial score (nSPS) is 12.9. The first-order chi connectivity index (χ1) is 7.33. The van der Waals surface area contributed by atoms with Crippen LogP contribution in [-0.4, -0.2) is 25.7 Å². The molecule has 1 unspecified atom stereocenters. The van der Waals surface area contributed by atoms with Crippen LogP contribution in [0, 0.1) is 0 Å². The molecule has 0 aromatic carbocycles. The zero-order valence-electron chi connectivity index (χ0n) is 9.75. The molecule has 1 rings (SSSR count). The lowest BCUT2D eigenvalue weighted by Crippen LogP contribution is -2.37. The summed E-state index contributed by atoms with van der Waals surface area (Å²) < 4.78 is 0. The van der Waals surface area contributed by atoms with Crippen LogP contribution >= 0.6 is 11.3 Å². The molecule has 0 amide bonds. The number of thiophene rings is 1. The summed E-state index contributed by atoms with van der Waals surface area (Å²) in [5.41, 5.74) is 0. The average Bonchev–Trinajstić information content (AvgIpc) is 2.71. The molecule has 1 heterocycles. The number of hydrogen-bond acceptors (Lipinski definition) is 3. The van der Waals surface area contributed by atoms with Gasteiger partial charge in [-0.2, -0.15) is 0 Å². The molecule has 1 aromatic rings. The summed E-state index contributed by atoms with van der Waals surface area (Å²) in [6.45, 7) is 7.70. The fraction of sp³-hybridized carbons (Fsp3) is 0.667. The van der Waals surface area contributed by atoms with Crippen molar-refractivity contribution in [1.82, 2.24) is 10.6 Å². The fourth-order valence-electron chi connectivity index (χ4n) is 1.46. The van der Waals surface area contributed by atoms with E-state index >= 15 is 0 Å². The van der Waals surface area contributed by atoms with Crippen LogP contribution in [0.25, 0.3) is 0 Å². The Morgan fingerprint density at radius 2 is 2.27 bits per heavy atom. The van der Waals surface area contributed by atoms with E-state index in [1.165, 1.54) is 11.3 Å². The Labute approximate surface area is 97.1 Å². The van der Waals surface area contributed by atoms with Crippen molar-refractivity contribution in [2.75, 3.05) is 19.6 Å². The molecule has 86 valence electrons. The molecule has 0 aliphatic rings. The predicted molar refractivity (Wildman–Crippen MR) is 68.6 cm³/mol. The van der Waals surface area contributed by atoms with E-state index < -0.39 is 0 Å². The second kappa shape index (κ2) is 7.85. The molecule has 0 saturated heterocycles. The largest absolute Gasteiger partial charge is 0.315 e. The maximum absolute atomic E-state index is 3.52. The molecule has 3 heteroatoms. The van der Waals surface area contributed by atoms with E-state index in [0.717, 1.165) is 26.1 Å². The van der Waals surface area contributed by atoms with Crippen LogP contribution in [0.1, 0.15) is 25.1 Å². The molecule has 0 radical (unpaired) electrons. The summed E-state index contributed by atoms with van der Waals surface area (Å²) in [6.07, 6.45) is 2.36. The van der Waals surface area contributed by atoms with Gasteiger partial charge in [0.05, 0.1) is 0 Å². The van der Waals surface area contributed by atoms with Gasteiger partial charge in [0.15, 0.2) is 0 Å². The molecule has 0 aliphatic heterocycles. The van der Waals surface area contributed by atoms with E-state index in [-0.39, 0.29) is 0 Å². The Hall–Kier alpha value is -0.380. The van der Waals surface area contributed by atoms with Crippen LogP contribution in [0.5, 0.6) is 0 Å². The lowest BCUT2D eigenvalue weighted by molar-refractivity contribution is 0.505. The van der Waals surface area contributed by atoms with Crippen molar-refractivity contribution in [3.63, 3.8) is 0 Å². The Kier molecular flexibility index (Phi) is 6.64. The van der Waals surface area contributed by atoms with E-state index in [4.69, 9.17) is 0 Å². The van der Waals surface area contributed by atoms with E-state index in [1.54, 1.807) is 0 Å². The van der Waals surface area contributed by atoms with Gasteiger partial charge in [0.2, 0.25) is 0 Å². The van der Waals surface area contributed by atoms with Crippen molar-refractivity contribution >= 4 is 11.3 Å². The molecule has 1 atom stereocenters. The highest BCUT2D eigenvalue weighted by molar-refractivity contribution is 7.09. The van der Waals surface area contributed by atoms with Crippen molar-refractivity contribution in [2.45, 2.75) is 32.7 Å². The van der Waals surface area contributed by atoms with E-state index in [9.17, 15) is 0 Å². The lowest BCUT2D eigenvalue weighted by Gasteiger charge is -2.13. The van der Waals surface area contributed by atoms with Gasteiger partial charge in [0, 0.05) is 24.0 Å². The topological polar surface area (TPSA) is 24.1 Å². The molecule has 0 bridgehead atoms. The van der Waals surface area contributed by atoms with E-state index in [2.05, 4.69) is 42.0 Å². The summed E-state index contributed by atoms with van der Waals surface area (Å²) in [4.78, 5) is 1.47. The number of rotatable bonds is 8. The first kappa shape index (κ1) is 12.7. The highest BCUT2D eigenvalue weighted by Gasteiger charge is 2.00. The molecule has 2 N–H and O–H groups in total. The Morgan fingerprint density at radius 1 is 1.40 bits per heavy atom. The van der Waals surface area contributed by atoms with Crippen LogP contribution < -0.4 is 10.6 Å². The van der Waals surface area contributed by atoms with Crippen molar-refractivity contribution in [2.24, 2.45) is 0 Å². The third kappa shape index (κ3) is 5.92. The molecule has 0 fully saturated rings. The van der Waals surface area contributed by atoms with Gasteiger partial charge in [-0.1, -0.05) is 13.0 Å². The van der Waals surface area contributed by atoms with E-state index in [0.29, 0.717) is 6.04 Å². The quantitative estimate of drug-likeness (QED) is 0.665. The van der Waals surface area contributed by atoms with Gasteiger partial charge < -0.3 is 10.6 Å². The molecule has 15 heavy (non-hydrogen) atoms. The summed E-state index contributed by atoms with van der Waals surface area (Å²) in [5, 5.41) is 9.08. The number of nitrogens with one attached hydrogen (secondary N) is 2. The van der Waals surface area contributed by atoms with Crippen molar-refractivity contribution in [3.8, 4) is 0 Å². The summed E-state index contributed by atoms with van der Waals surface area (Å²) >= 11 is 1.84. The smallest absolute Gasteiger partial charge is 0.0164 e. The first-order valence-electron chi connectivity index (χ1n) is 5.79. The van der Waals surface area contributed by atoms with Crippen LogP contribution in [0.2, 0.25) is 0 Å². The molecule has 1 aromatic heterocycles. The zero-order valence-corrected chi connectivity index (χ0v) is 10.6. The fourth-order valence-corrected chi connectivity index (χ4v) is 2.17. The molecule has 0 saturated carbocycles. The second-order valence-electron chi connectivity index (χ2n) is 3.89.